The molecule has 0 heterocycles. The Balaban J connectivity index is 3.31. The first-order valence-electron chi connectivity index (χ1n) is 3.47. The molecule has 0 saturated heterocycles. The summed E-state index contributed by atoms with van der Waals surface area (Å²) in [5.74, 6) is -3.46. The van der Waals surface area contributed by atoms with Gasteiger partial charge in [-0.05, 0) is 28.1 Å². The molecule has 0 saturated carbocycles. The van der Waals surface area contributed by atoms with E-state index in [1.54, 1.807) is 0 Å². The van der Waals surface area contributed by atoms with Crippen molar-refractivity contribution in [3.8, 4) is 5.75 Å². The molecule has 78 valence electrons. The molecule has 0 aliphatic heterocycles. The van der Waals surface area contributed by atoms with E-state index in [-0.39, 0.29) is 0 Å². The van der Waals surface area contributed by atoms with Crippen LogP contribution in [0, 0.1) is 11.6 Å². The van der Waals surface area contributed by atoms with Crippen LogP contribution in [0.2, 0.25) is 0 Å². The van der Waals surface area contributed by atoms with E-state index in [4.69, 9.17) is 0 Å². The fraction of sp³-hybridized carbons (Fsp3) is 0.250. The molecular weight excluding hydrogens is 268 g/mol. The van der Waals surface area contributed by atoms with Crippen LogP contribution in [0.1, 0.15) is 5.56 Å². The van der Waals surface area contributed by atoms with Crippen LogP contribution in [0.25, 0.3) is 0 Å². The summed E-state index contributed by atoms with van der Waals surface area (Å²) in [7, 11) is 1.11. The lowest BCUT2D eigenvalue weighted by molar-refractivity contribution is 0.108. The van der Waals surface area contributed by atoms with Crippen LogP contribution in [0.3, 0.4) is 0 Å². The molecule has 1 aromatic carbocycles. The average molecular weight is 273 g/mol. The standard InChI is InChI=1S/C8H5BrF4O/c1-14-5-3-2-4(8(9,12)13)6(10)7(5)11/h2-3H,1H3. The number of ether oxygens (including phenoxy) is 1. The Hall–Kier alpha value is -0.780. The van der Waals surface area contributed by atoms with Crippen molar-refractivity contribution < 1.29 is 22.3 Å². The molecule has 0 aliphatic rings. The number of halogens is 5. The largest absolute Gasteiger partial charge is 0.494 e. The van der Waals surface area contributed by atoms with Gasteiger partial charge in [-0.15, -0.1) is 0 Å². The van der Waals surface area contributed by atoms with Gasteiger partial charge in [0, 0.05) is 0 Å². The van der Waals surface area contributed by atoms with Crippen LogP contribution in [-0.2, 0) is 4.83 Å². The molecule has 0 aromatic heterocycles. The Morgan fingerprint density at radius 1 is 1.21 bits per heavy atom. The van der Waals surface area contributed by atoms with Crippen molar-refractivity contribution in [3.05, 3.63) is 29.3 Å². The van der Waals surface area contributed by atoms with Gasteiger partial charge in [-0.2, -0.15) is 13.2 Å². The van der Waals surface area contributed by atoms with E-state index in [1.807, 2.05) is 15.9 Å². The normalized spacial score (nSPS) is 11.6. The summed E-state index contributed by atoms with van der Waals surface area (Å²) in [6.45, 7) is 0. The van der Waals surface area contributed by atoms with E-state index in [0.29, 0.717) is 0 Å². The zero-order chi connectivity index (χ0) is 10.9. The van der Waals surface area contributed by atoms with E-state index in [9.17, 15) is 17.6 Å². The molecular formula is C8H5BrF4O. The molecule has 0 N–H and O–H groups in total. The maximum Gasteiger partial charge on any atom is 0.329 e. The maximum absolute atomic E-state index is 13.0. The van der Waals surface area contributed by atoms with E-state index in [2.05, 4.69) is 4.74 Å². The SMILES string of the molecule is COc1ccc(C(F)(F)Br)c(F)c1F. The molecule has 14 heavy (non-hydrogen) atoms. The third kappa shape index (κ3) is 2.00. The first-order chi connectivity index (χ1) is 6.38. The molecule has 0 bridgehead atoms. The zero-order valence-electron chi connectivity index (χ0n) is 6.95. The van der Waals surface area contributed by atoms with E-state index in [1.165, 1.54) is 0 Å². The van der Waals surface area contributed by atoms with Crippen molar-refractivity contribution >= 4 is 15.9 Å². The molecule has 0 spiro atoms. The molecule has 1 nitrogen and oxygen atoms in total. The first-order valence-corrected chi connectivity index (χ1v) is 4.26. The van der Waals surface area contributed by atoms with Gasteiger partial charge < -0.3 is 4.74 Å². The Morgan fingerprint density at radius 2 is 1.79 bits per heavy atom. The molecule has 0 fully saturated rings. The molecule has 1 rings (SSSR count). The number of rotatable bonds is 2. The summed E-state index contributed by atoms with van der Waals surface area (Å²) in [6.07, 6.45) is 0. The van der Waals surface area contributed by atoms with E-state index in [0.717, 1.165) is 19.2 Å². The first kappa shape index (κ1) is 11.3. The van der Waals surface area contributed by atoms with Gasteiger partial charge in [0.15, 0.2) is 11.6 Å². The minimum absolute atomic E-state index is 0.414. The number of hydrogen-bond acceptors (Lipinski definition) is 1. The highest BCUT2D eigenvalue weighted by molar-refractivity contribution is 9.09. The van der Waals surface area contributed by atoms with Gasteiger partial charge in [-0.1, -0.05) is 0 Å². The predicted molar refractivity (Wildman–Crippen MR) is 45.7 cm³/mol. The quantitative estimate of drug-likeness (QED) is 0.592. The van der Waals surface area contributed by atoms with Gasteiger partial charge in [0.05, 0.1) is 12.7 Å². The van der Waals surface area contributed by atoms with Crippen LogP contribution < -0.4 is 4.74 Å². The average Bonchev–Trinajstić information content (AvgIpc) is 2.07. The lowest BCUT2D eigenvalue weighted by atomic mass is 10.2. The van der Waals surface area contributed by atoms with Gasteiger partial charge in [0.25, 0.3) is 0 Å². The van der Waals surface area contributed by atoms with Crippen LogP contribution in [-0.4, -0.2) is 7.11 Å². The second-order valence-corrected chi connectivity index (χ2v) is 3.44. The summed E-state index contributed by atoms with van der Waals surface area (Å²) in [6, 6.07) is 1.69. The van der Waals surface area contributed by atoms with Gasteiger partial charge in [0.1, 0.15) is 0 Å². The molecule has 0 radical (unpaired) electrons. The molecule has 0 unspecified atom stereocenters. The second kappa shape index (κ2) is 3.76. The third-order valence-electron chi connectivity index (χ3n) is 1.57. The van der Waals surface area contributed by atoms with Crippen molar-refractivity contribution in [1.82, 2.24) is 0 Å². The lowest BCUT2D eigenvalue weighted by Gasteiger charge is -2.11. The number of hydrogen-bond donors (Lipinski definition) is 0. The monoisotopic (exact) mass is 272 g/mol. The minimum atomic E-state index is -3.59. The highest BCUT2D eigenvalue weighted by Gasteiger charge is 2.33. The van der Waals surface area contributed by atoms with Gasteiger partial charge in [0.2, 0.25) is 5.82 Å². The van der Waals surface area contributed by atoms with Crippen LogP contribution >= 0.6 is 15.9 Å². The molecule has 0 atom stereocenters. The summed E-state index contributed by atoms with van der Waals surface area (Å²) in [5.41, 5.74) is -1.06. The Bertz CT molecular complexity index is 348. The fourth-order valence-electron chi connectivity index (χ4n) is 0.908. The number of methoxy groups -OCH3 is 1. The van der Waals surface area contributed by atoms with Crippen molar-refractivity contribution in [2.75, 3.05) is 7.11 Å². The smallest absolute Gasteiger partial charge is 0.329 e. The van der Waals surface area contributed by atoms with Gasteiger partial charge in [-0.25, -0.2) is 4.39 Å². The Kier molecular flexibility index (Phi) is 3.04. The number of alkyl halides is 3. The highest BCUT2D eigenvalue weighted by atomic mass is 79.9. The Labute approximate surface area is 85.8 Å². The van der Waals surface area contributed by atoms with Crippen LogP contribution in [0.4, 0.5) is 17.6 Å². The highest BCUT2D eigenvalue weighted by Crippen LogP contribution is 2.38. The maximum atomic E-state index is 13.0. The lowest BCUT2D eigenvalue weighted by Crippen LogP contribution is -2.08. The zero-order valence-corrected chi connectivity index (χ0v) is 8.54. The van der Waals surface area contributed by atoms with Crippen molar-refractivity contribution in [2.45, 2.75) is 4.83 Å². The topological polar surface area (TPSA) is 9.23 Å². The summed E-state index contributed by atoms with van der Waals surface area (Å²) in [5, 5.41) is 0. The van der Waals surface area contributed by atoms with Crippen molar-refractivity contribution in [1.29, 1.82) is 0 Å². The molecule has 6 heteroatoms. The third-order valence-corrected chi connectivity index (χ3v) is 2.00. The second-order valence-electron chi connectivity index (χ2n) is 2.44. The van der Waals surface area contributed by atoms with Crippen LogP contribution in [0.5, 0.6) is 5.75 Å². The van der Waals surface area contributed by atoms with E-state index < -0.39 is 27.8 Å². The Morgan fingerprint density at radius 3 is 2.21 bits per heavy atom. The van der Waals surface area contributed by atoms with Crippen LogP contribution in [0.15, 0.2) is 12.1 Å². The van der Waals surface area contributed by atoms with E-state index >= 15 is 0 Å². The number of benzene rings is 1. The van der Waals surface area contributed by atoms with Crippen molar-refractivity contribution in [3.63, 3.8) is 0 Å². The minimum Gasteiger partial charge on any atom is -0.494 e. The summed E-state index contributed by atoms with van der Waals surface area (Å²) >= 11 is 1.94. The molecule has 0 aliphatic carbocycles. The molecule has 1 aromatic rings. The fourth-order valence-corrected chi connectivity index (χ4v) is 1.21. The molecule has 0 amide bonds. The predicted octanol–water partition coefficient (Wildman–Crippen LogP) is 3.42. The van der Waals surface area contributed by atoms with Crippen molar-refractivity contribution in [2.24, 2.45) is 0 Å². The summed E-state index contributed by atoms with van der Waals surface area (Å²) < 4.78 is 55.5. The van der Waals surface area contributed by atoms with Gasteiger partial charge in [-0.3, -0.25) is 0 Å². The van der Waals surface area contributed by atoms with Gasteiger partial charge >= 0.3 is 4.83 Å². The summed E-state index contributed by atoms with van der Waals surface area (Å²) in [4.78, 5) is -3.59.